The minimum atomic E-state index is 0.0322. The lowest BCUT2D eigenvalue weighted by molar-refractivity contribution is 0.103. The summed E-state index contributed by atoms with van der Waals surface area (Å²) in [5.41, 5.74) is 4.15. The molecule has 0 amide bonds. The first kappa shape index (κ1) is 24.2. The van der Waals surface area contributed by atoms with Crippen LogP contribution in [0.15, 0.2) is 66.9 Å². The van der Waals surface area contributed by atoms with Gasteiger partial charge in [-0.25, -0.2) is 0 Å². The molecule has 7 heteroatoms. The smallest absolute Gasteiger partial charge is 0.194 e. The predicted octanol–water partition coefficient (Wildman–Crippen LogP) is 6.73. The summed E-state index contributed by atoms with van der Waals surface area (Å²) in [6, 6.07) is 19.3. The lowest BCUT2D eigenvalue weighted by Crippen LogP contribution is -2.46. The number of pyridine rings is 1. The number of rotatable bonds is 7. The molecule has 1 aliphatic carbocycles. The molecule has 1 saturated heterocycles. The molecule has 0 unspecified atom stereocenters. The largest absolute Gasteiger partial charge is 0.494 e. The summed E-state index contributed by atoms with van der Waals surface area (Å²) < 4.78 is 6.12. The van der Waals surface area contributed by atoms with Gasteiger partial charge in [0.25, 0.3) is 0 Å². The molecule has 3 aromatic carbocycles. The molecule has 0 radical (unpaired) electrons. The van der Waals surface area contributed by atoms with Crippen molar-refractivity contribution in [3.8, 4) is 17.0 Å². The molecule has 0 bridgehead atoms. The van der Waals surface area contributed by atoms with Gasteiger partial charge in [-0.3, -0.25) is 14.7 Å². The van der Waals surface area contributed by atoms with E-state index in [2.05, 4.69) is 14.8 Å². The first-order chi connectivity index (χ1) is 18.1. The number of hydrogen-bond donors (Lipinski definition) is 0. The van der Waals surface area contributed by atoms with Crippen LogP contribution < -0.4 is 9.64 Å². The molecule has 37 heavy (non-hydrogen) atoms. The van der Waals surface area contributed by atoms with E-state index in [4.69, 9.17) is 27.9 Å². The van der Waals surface area contributed by atoms with Crippen LogP contribution in [0, 0.1) is 0 Å². The third-order valence-electron chi connectivity index (χ3n) is 7.29. The number of ketones is 1. The van der Waals surface area contributed by atoms with Crippen molar-refractivity contribution in [2.75, 3.05) is 44.2 Å². The molecule has 0 atom stereocenters. The summed E-state index contributed by atoms with van der Waals surface area (Å²) >= 11 is 12.6. The van der Waals surface area contributed by atoms with Crippen molar-refractivity contribution < 1.29 is 9.53 Å². The van der Waals surface area contributed by atoms with E-state index in [9.17, 15) is 4.79 Å². The number of anilines is 1. The van der Waals surface area contributed by atoms with Crippen LogP contribution >= 0.6 is 23.2 Å². The Morgan fingerprint density at radius 2 is 1.68 bits per heavy atom. The molecular formula is C30H27Cl2N3O2. The fourth-order valence-corrected chi connectivity index (χ4v) is 5.78. The lowest BCUT2D eigenvalue weighted by Gasteiger charge is -2.36. The van der Waals surface area contributed by atoms with Gasteiger partial charge in [-0.1, -0.05) is 53.5 Å². The number of fused-ring (bicyclic) bond motifs is 2. The number of ether oxygens (including phenoxy) is 1. The summed E-state index contributed by atoms with van der Waals surface area (Å²) in [7, 11) is 0. The third kappa shape index (κ3) is 4.68. The number of unbranched alkanes of at least 4 members (excludes halogenated alkanes) is 1. The van der Waals surface area contributed by atoms with Crippen molar-refractivity contribution in [3.63, 3.8) is 0 Å². The first-order valence-corrected chi connectivity index (χ1v) is 13.5. The van der Waals surface area contributed by atoms with Crippen LogP contribution in [0.4, 0.5) is 5.69 Å². The number of halogens is 2. The minimum Gasteiger partial charge on any atom is -0.494 e. The average Bonchev–Trinajstić information content (AvgIpc) is 2.93. The average molecular weight is 532 g/mol. The van der Waals surface area contributed by atoms with Gasteiger partial charge in [-0.05, 0) is 55.1 Å². The zero-order valence-electron chi connectivity index (χ0n) is 20.4. The Balaban J connectivity index is 1.03. The fourth-order valence-electron chi connectivity index (χ4n) is 5.37. The standard InChI is InChI=1S/C30H27Cl2N3O2/c31-25-8-5-9-26(28(25)32)35-15-13-34(14-16-35)12-3-4-17-37-21-18-20-10-11-33-29-22-6-1-2-7-23(22)30(36)24(19-21)27(20)29/h1-2,5-11,18-19H,3-4,12-17H2. The Morgan fingerprint density at radius 3 is 2.51 bits per heavy atom. The summed E-state index contributed by atoms with van der Waals surface area (Å²) in [5.74, 6) is 0.768. The van der Waals surface area contributed by atoms with Crippen molar-refractivity contribution in [2.24, 2.45) is 0 Å². The normalized spacial score (nSPS) is 15.2. The van der Waals surface area contributed by atoms with Crippen molar-refractivity contribution in [1.82, 2.24) is 9.88 Å². The molecule has 2 aliphatic rings. The van der Waals surface area contributed by atoms with E-state index < -0.39 is 0 Å². The lowest BCUT2D eigenvalue weighted by atomic mass is 9.85. The van der Waals surface area contributed by atoms with Crippen LogP contribution in [0.3, 0.4) is 0 Å². The molecular weight excluding hydrogens is 505 g/mol. The van der Waals surface area contributed by atoms with Gasteiger partial charge in [-0.15, -0.1) is 0 Å². The SMILES string of the molecule is O=C1c2ccccc2-c2nccc3cc(OCCCCN4CCN(c5cccc(Cl)c5Cl)CC4)cc1c23. The topological polar surface area (TPSA) is 45.7 Å². The molecule has 1 aliphatic heterocycles. The summed E-state index contributed by atoms with van der Waals surface area (Å²) in [5, 5.41) is 3.13. The highest BCUT2D eigenvalue weighted by molar-refractivity contribution is 6.43. The Bertz CT molecular complexity index is 1480. The third-order valence-corrected chi connectivity index (χ3v) is 8.10. The van der Waals surface area contributed by atoms with Crippen molar-refractivity contribution in [3.05, 3.63) is 88.0 Å². The first-order valence-electron chi connectivity index (χ1n) is 12.7. The van der Waals surface area contributed by atoms with Crippen LogP contribution in [0.25, 0.3) is 22.0 Å². The Hall–Kier alpha value is -3.12. The number of carbonyl (C=O) groups is 1. The molecule has 5 nitrogen and oxygen atoms in total. The van der Waals surface area contributed by atoms with Crippen molar-refractivity contribution in [1.29, 1.82) is 0 Å². The highest BCUT2D eigenvalue weighted by Gasteiger charge is 2.26. The second-order valence-electron chi connectivity index (χ2n) is 9.56. The highest BCUT2D eigenvalue weighted by Crippen LogP contribution is 2.39. The molecule has 1 fully saturated rings. The molecule has 2 heterocycles. The number of benzene rings is 3. The molecule has 4 aromatic rings. The Labute approximate surface area is 226 Å². The summed E-state index contributed by atoms with van der Waals surface area (Å²) in [6.45, 7) is 5.52. The second-order valence-corrected chi connectivity index (χ2v) is 10.3. The van der Waals surface area contributed by atoms with Crippen LogP contribution in [0.5, 0.6) is 5.75 Å². The monoisotopic (exact) mass is 531 g/mol. The number of hydrogen-bond acceptors (Lipinski definition) is 5. The van der Waals surface area contributed by atoms with Crippen molar-refractivity contribution >= 4 is 45.4 Å². The van der Waals surface area contributed by atoms with Crippen LogP contribution in [0.2, 0.25) is 10.0 Å². The molecule has 0 saturated carbocycles. The summed E-state index contributed by atoms with van der Waals surface area (Å²) in [4.78, 5) is 22.6. The highest BCUT2D eigenvalue weighted by atomic mass is 35.5. The van der Waals surface area contributed by atoms with Gasteiger partial charge >= 0.3 is 0 Å². The predicted molar refractivity (Wildman–Crippen MR) is 150 cm³/mol. The molecule has 6 rings (SSSR count). The van der Waals surface area contributed by atoms with Gasteiger partial charge in [0.05, 0.1) is 28.0 Å². The summed E-state index contributed by atoms with van der Waals surface area (Å²) in [6.07, 6.45) is 3.81. The molecule has 1 aromatic heterocycles. The number of carbonyl (C=O) groups excluding carboxylic acids is 1. The van der Waals surface area contributed by atoms with E-state index in [0.29, 0.717) is 27.8 Å². The maximum Gasteiger partial charge on any atom is 0.194 e. The van der Waals surface area contributed by atoms with Crippen LogP contribution in [0.1, 0.15) is 28.8 Å². The quantitative estimate of drug-likeness (QED) is 0.218. The van der Waals surface area contributed by atoms with Crippen molar-refractivity contribution in [2.45, 2.75) is 12.8 Å². The van der Waals surface area contributed by atoms with E-state index in [1.54, 1.807) is 6.20 Å². The Kier molecular flexibility index (Phi) is 6.76. The van der Waals surface area contributed by atoms with Gasteiger partial charge in [0.15, 0.2) is 5.78 Å². The fraction of sp³-hybridized carbons (Fsp3) is 0.267. The van der Waals surface area contributed by atoms with Gasteiger partial charge < -0.3 is 9.64 Å². The van der Waals surface area contributed by atoms with Crippen LogP contribution in [-0.2, 0) is 0 Å². The van der Waals surface area contributed by atoms with E-state index in [1.807, 2.05) is 60.7 Å². The van der Waals surface area contributed by atoms with Gasteiger partial charge in [0.1, 0.15) is 5.75 Å². The number of aromatic nitrogens is 1. The maximum atomic E-state index is 13.2. The Morgan fingerprint density at radius 1 is 0.865 bits per heavy atom. The zero-order chi connectivity index (χ0) is 25.4. The molecule has 0 N–H and O–H groups in total. The van der Waals surface area contributed by atoms with E-state index in [-0.39, 0.29) is 5.78 Å². The van der Waals surface area contributed by atoms with E-state index >= 15 is 0 Å². The van der Waals surface area contributed by atoms with Gasteiger partial charge in [0, 0.05) is 54.5 Å². The molecule has 0 spiro atoms. The minimum absolute atomic E-state index is 0.0322. The maximum absolute atomic E-state index is 13.2. The second kappa shape index (κ2) is 10.3. The van der Waals surface area contributed by atoms with Gasteiger partial charge in [-0.2, -0.15) is 0 Å². The molecule has 188 valence electrons. The van der Waals surface area contributed by atoms with E-state index in [1.165, 1.54) is 0 Å². The number of nitrogens with zero attached hydrogens (tertiary/aromatic N) is 3. The zero-order valence-corrected chi connectivity index (χ0v) is 21.9. The van der Waals surface area contributed by atoms with Crippen LogP contribution in [-0.4, -0.2) is 55.0 Å². The number of piperazine rings is 1. The van der Waals surface area contributed by atoms with Gasteiger partial charge in [0.2, 0.25) is 0 Å². The van der Waals surface area contributed by atoms with E-state index in [0.717, 1.165) is 79.0 Å².